The van der Waals surface area contributed by atoms with Gasteiger partial charge in [-0.2, -0.15) is 10.1 Å². The number of pyridine rings is 1. The molecule has 0 aliphatic rings. The van der Waals surface area contributed by atoms with Crippen molar-refractivity contribution in [3.05, 3.63) is 65.6 Å². The number of aromatic nitrogens is 6. The van der Waals surface area contributed by atoms with Crippen molar-refractivity contribution in [1.82, 2.24) is 30.0 Å². The molecule has 0 spiro atoms. The second-order valence-electron chi connectivity index (χ2n) is 7.05. The van der Waals surface area contributed by atoms with Crippen molar-refractivity contribution in [3.63, 3.8) is 0 Å². The molecule has 0 saturated heterocycles. The SMILES string of the molecule is Cc1nc(-c2ccc(C)c(NC(=O)c3cnn4cc(-c5nnc(C)o5)ccc34)c2)no1. The third-order valence-corrected chi connectivity index (χ3v) is 4.81. The minimum Gasteiger partial charge on any atom is -0.421 e. The molecule has 0 unspecified atom stereocenters. The molecule has 10 heteroatoms. The highest BCUT2D eigenvalue weighted by atomic mass is 16.5. The Hall–Kier alpha value is -4.34. The topological polar surface area (TPSA) is 124 Å². The van der Waals surface area contributed by atoms with Crippen molar-refractivity contribution in [2.45, 2.75) is 20.8 Å². The zero-order chi connectivity index (χ0) is 21.5. The van der Waals surface area contributed by atoms with Crippen LogP contribution in [-0.2, 0) is 0 Å². The summed E-state index contributed by atoms with van der Waals surface area (Å²) in [5.41, 5.74) is 4.11. The molecule has 0 bridgehead atoms. The average Bonchev–Trinajstić information content (AvgIpc) is 3.48. The number of carbonyl (C=O) groups excluding carboxylic acids is 1. The molecule has 0 atom stereocenters. The fraction of sp³-hybridized carbons (Fsp3) is 0.143. The van der Waals surface area contributed by atoms with Crippen LogP contribution in [0.3, 0.4) is 0 Å². The van der Waals surface area contributed by atoms with E-state index in [1.165, 1.54) is 6.20 Å². The molecule has 0 radical (unpaired) electrons. The molecule has 4 heterocycles. The first-order valence-corrected chi connectivity index (χ1v) is 9.48. The molecule has 31 heavy (non-hydrogen) atoms. The van der Waals surface area contributed by atoms with Crippen LogP contribution in [0.5, 0.6) is 0 Å². The molecular formula is C21H17N7O3. The molecule has 10 nitrogen and oxygen atoms in total. The fourth-order valence-electron chi connectivity index (χ4n) is 3.20. The summed E-state index contributed by atoms with van der Waals surface area (Å²) in [6, 6.07) is 9.20. The maximum Gasteiger partial charge on any atom is 0.259 e. The first-order chi connectivity index (χ1) is 15.0. The average molecular weight is 415 g/mol. The lowest BCUT2D eigenvalue weighted by Crippen LogP contribution is -2.12. The summed E-state index contributed by atoms with van der Waals surface area (Å²) in [5, 5.41) is 19.0. The van der Waals surface area contributed by atoms with Gasteiger partial charge in [0.2, 0.25) is 23.5 Å². The van der Waals surface area contributed by atoms with Gasteiger partial charge in [-0.1, -0.05) is 17.3 Å². The van der Waals surface area contributed by atoms with Gasteiger partial charge >= 0.3 is 0 Å². The van der Waals surface area contributed by atoms with E-state index in [1.54, 1.807) is 30.6 Å². The summed E-state index contributed by atoms with van der Waals surface area (Å²) < 4.78 is 12.1. The minimum atomic E-state index is -0.277. The molecule has 1 N–H and O–H groups in total. The second-order valence-corrected chi connectivity index (χ2v) is 7.05. The van der Waals surface area contributed by atoms with E-state index in [1.807, 2.05) is 31.2 Å². The molecule has 5 aromatic rings. The molecule has 1 aromatic carbocycles. The van der Waals surface area contributed by atoms with Gasteiger partial charge in [0.05, 0.1) is 22.8 Å². The Balaban J connectivity index is 1.44. The standard InChI is InChI=1S/C21H17N7O3/c1-11-4-5-14(19-23-12(2)31-27-19)8-17(11)24-20(29)16-9-22-28-10-15(6-7-18(16)28)21-26-25-13(3)30-21/h4-10H,1-3H3,(H,24,29). The van der Waals surface area contributed by atoms with Gasteiger partial charge in [0.15, 0.2) is 0 Å². The number of anilines is 1. The normalized spacial score (nSPS) is 11.2. The number of nitrogens with zero attached hydrogens (tertiary/aromatic N) is 6. The molecule has 0 aliphatic carbocycles. The Morgan fingerprint density at radius 1 is 1.03 bits per heavy atom. The van der Waals surface area contributed by atoms with Crippen LogP contribution in [0.2, 0.25) is 0 Å². The third kappa shape index (κ3) is 3.44. The molecule has 4 aromatic heterocycles. The fourth-order valence-corrected chi connectivity index (χ4v) is 3.20. The van der Waals surface area contributed by atoms with Crippen molar-refractivity contribution >= 4 is 17.1 Å². The van der Waals surface area contributed by atoms with E-state index < -0.39 is 0 Å². The van der Waals surface area contributed by atoms with Gasteiger partial charge in [-0.25, -0.2) is 4.52 Å². The first kappa shape index (κ1) is 18.7. The van der Waals surface area contributed by atoms with Gasteiger partial charge < -0.3 is 14.3 Å². The van der Waals surface area contributed by atoms with Crippen LogP contribution in [0.25, 0.3) is 28.4 Å². The maximum atomic E-state index is 13.0. The number of amides is 1. The van der Waals surface area contributed by atoms with E-state index in [9.17, 15) is 4.79 Å². The summed E-state index contributed by atoms with van der Waals surface area (Å²) >= 11 is 0. The van der Waals surface area contributed by atoms with Crippen molar-refractivity contribution in [2.75, 3.05) is 5.32 Å². The van der Waals surface area contributed by atoms with Crippen LogP contribution in [0.1, 0.15) is 27.7 Å². The zero-order valence-corrected chi connectivity index (χ0v) is 16.9. The van der Waals surface area contributed by atoms with E-state index >= 15 is 0 Å². The van der Waals surface area contributed by atoms with Crippen molar-refractivity contribution in [3.8, 4) is 22.8 Å². The largest absolute Gasteiger partial charge is 0.421 e. The maximum absolute atomic E-state index is 13.0. The van der Waals surface area contributed by atoms with Crippen LogP contribution in [0, 0.1) is 20.8 Å². The van der Waals surface area contributed by atoms with Gasteiger partial charge in [-0.05, 0) is 30.7 Å². The smallest absolute Gasteiger partial charge is 0.259 e. The van der Waals surface area contributed by atoms with Crippen LogP contribution >= 0.6 is 0 Å². The number of hydrogen-bond donors (Lipinski definition) is 1. The van der Waals surface area contributed by atoms with Crippen molar-refractivity contribution in [2.24, 2.45) is 0 Å². The van der Waals surface area contributed by atoms with Crippen molar-refractivity contribution in [1.29, 1.82) is 0 Å². The highest BCUT2D eigenvalue weighted by Crippen LogP contribution is 2.25. The van der Waals surface area contributed by atoms with Gasteiger partial charge in [-0.3, -0.25) is 4.79 Å². The van der Waals surface area contributed by atoms with E-state index in [4.69, 9.17) is 8.94 Å². The second kappa shape index (κ2) is 7.17. The highest BCUT2D eigenvalue weighted by molar-refractivity contribution is 6.09. The Labute approximate surface area is 175 Å². The van der Waals surface area contributed by atoms with Gasteiger partial charge in [0.1, 0.15) is 0 Å². The minimum absolute atomic E-state index is 0.277. The number of hydrogen-bond acceptors (Lipinski definition) is 8. The number of benzene rings is 1. The summed E-state index contributed by atoms with van der Waals surface area (Å²) in [6.07, 6.45) is 3.26. The van der Waals surface area contributed by atoms with Gasteiger partial charge in [0, 0.05) is 31.3 Å². The predicted molar refractivity (Wildman–Crippen MR) is 110 cm³/mol. The van der Waals surface area contributed by atoms with E-state index in [0.29, 0.717) is 45.8 Å². The van der Waals surface area contributed by atoms with E-state index in [0.717, 1.165) is 11.1 Å². The number of carbonyl (C=O) groups is 1. The summed E-state index contributed by atoms with van der Waals surface area (Å²) in [5.74, 6) is 1.53. The Morgan fingerprint density at radius 2 is 1.87 bits per heavy atom. The predicted octanol–water partition coefficient (Wildman–Crippen LogP) is 3.61. The lowest BCUT2D eigenvalue weighted by Gasteiger charge is -2.09. The van der Waals surface area contributed by atoms with Crippen LogP contribution in [0.4, 0.5) is 5.69 Å². The van der Waals surface area contributed by atoms with E-state index in [-0.39, 0.29) is 5.91 Å². The van der Waals surface area contributed by atoms with Crippen LogP contribution in [-0.4, -0.2) is 35.9 Å². The first-order valence-electron chi connectivity index (χ1n) is 9.48. The number of aryl methyl sites for hydroxylation is 3. The molecule has 0 saturated carbocycles. The lowest BCUT2D eigenvalue weighted by atomic mass is 10.1. The Morgan fingerprint density at radius 3 is 2.61 bits per heavy atom. The van der Waals surface area contributed by atoms with Crippen LogP contribution < -0.4 is 5.32 Å². The zero-order valence-electron chi connectivity index (χ0n) is 16.9. The molecule has 0 fully saturated rings. The number of fused-ring (bicyclic) bond motifs is 1. The quantitative estimate of drug-likeness (QED) is 0.472. The monoisotopic (exact) mass is 415 g/mol. The molecule has 0 aliphatic heterocycles. The molecule has 1 amide bonds. The lowest BCUT2D eigenvalue weighted by molar-refractivity contribution is 0.102. The van der Waals surface area contributed by atoms with E-state index in [2.05, 4.69) is 30.8 Å². The van der Waals surface area contributed by atoms with Gasteiger partial charge in [0.25, 0.3) is 5.91 Å². The number of rotatable bonds is 4. The van der Waals surface area contributed by atoms with Crippen LogP contribution in [0.15, 0.2) is 51.7 Å². The van der Waals surface area contributed by atoms with Gasteiger partial charge in [-0.15, -0.1) is 10.2 Å². The summed E-state index contributed by atoms with van der Waals surface area (Å²) in [6.45, 7) is 5.36. The molecule has 154 valence electrons. The highest BCUT2D eigenvalue weighted by Gasteiger charge is 2.16. The third-order valence-electron chi connectivity index (χ3n) is 4.81. The summed E-state index contributed by atoms with van der Waals surface area (Å²) in [7, 11) is 0. The summed E-state index contributed by atoms with van der Waals surface area (Å²) in [4.78, 5) is 17.2. The van der Waals surface area contributed by atoms with Crippen molar-refractivity contribution < 1.29 is 13.7 Å². The Kier molecular flexibility index (Phi) is 4.32. The molecular weight excluding hydrogens is 398 g/mol. The Bertz CT molecular complexity index is 1430. The molecule has 5 rings (SSSR count). The number of nitrogens with one attached hydrogen (secondary N) is 1.